The van der Waals surface area contributed by atoms with Crippen LogP contribution in [-0.2, 0) is 0 Å². The number of nitrogens with zero attached hydrogens (tertiary/aromatic N) is 1. The molecule has 0 unspecified atom stereocenters. The Kier molecular flexibility index (Phi) is 5.39. The van der Waals surface area contributed by atoms with Gasteiger partial charge in [0.05, 0.1) is 17.1 Å². The summed E-state index contributed by atoms with van der Waals surface area (Å²) in [7, 11) is 0. The van der Waals surface area contributed by atoms with Crippen LogP contribution in [0.5, 0.6) is 0 Å². The van der Waals surface area contributed by atoms with Crippen molar-refractivity contribution < 1.29 is 0 Å². The monoisotopic (exact) mass is 527 g/mol. The lowest BCUT2D eigenvalue weighted by molar-refractivity contribution is 1.31. The molecule has 0 radical (unpaired) electrons. The van der Waals surface area contributed by atoms with Gasteiger partial charge in [0, 0.05) is 36.5 Å². The molecule has 7 aromatic carbocycles. The summed E-state index contributed by atoms with van der Waals surface area (Å²) in [5.74, 6) is 0. The summed E-state index contributed by atoms with van der Waals surface area (Å²) in [6.45, 7) is 0. The van der Waals surface area contributed by atoms with Crippen LogP contribution in [0.15, 0.2) is 152 Å². The molecule has 0 fully saturated rings. The van der Waals surface area contributed by atoms with Crippen molar-refractivity contribution >= 4 is 70.1 Å². The molecule has 1 aromatic heterocycles. The molecule has 8 rings (SSSR count). The maximum atomic E-state index is 2.47. The van der Waals surface area contributed by atoms with Crippen molar-refractivity contribution in [2.45, 2.75) is 0 Å². The number of fused-ring (bicyclic) bond motifs is 5. The minimum Gasteiger partial charge on any atom is -0.309 e. The number of rotatable bonds is 4. The van der Waals surface area contributed by atoms with Gasteiger partial charge in [0.2, 0.25) is 0 Å². The molecule has 1 heterocycles. The predicted molar refractivity (Wildman–Crippen MR) is 174 cm³/mol. The van der Waals surface area contributed by atoms with E-state index in [1.807, 2.05) is 11.3 Å². The van der Waals surface area contributed by atoms with Gasteiger partial charge >= 0.3 is 0 Å². The van der Waals surface area contributed by atoms with Crippen molar-refractivity contribution in [2.24, 2.45) is 0 Å². The fourth-order valence-electron chi connectivity index (χ4n) is 6.09. The molecule has 0 aliphatic heterocycles. The summed E-state index contributed by atoms with van der Waals surface area (Å²) >= 11 is 1.87. The molecule has 0 spiro atoms. The van der Waals surface area contributed by atoms with Crippen LogP contribution in [0.2, 0.25) is 0 Å². The first kappa shape index (κ1) is 23.0. The van der Waals surface area contributed by atoms with Gasteiger partial charge in [-0.3, -0.25) is 0 Å². The molecule has 0 saturated heterocycles. The fraction of sp³-hybridized carbons (Fsp3) is 0. The Hall–Kier alpha value is -4.92. The molecule has 1 nitrogen and oxygen atoms in total. The van der Waals surface area contributed by atoms with Crippen molar-refractivity contribution in [3.8, 4) is 11.1 Å². The van der Waals surface area contributed by atoms with Gasteiger partial charge in [0.15, 0.2) is 0 Å². The standard InChI is InChI=1S/C38H25NS/c1-3-16-28-26(12-1)14-9-22-33(28)39(34-23-10-15-27-13-2-4-17-29(27)34)35-21-7-5-18-30(35)31-20-11-25-37-38(31)32-19-6-8-24-36(32)40-37/h1-25H. The van der Waals surface area contributed by atoms with E-state index >= 15 is 0 Å². The third kappa shape index (κ3) is 3.61. The third-order valence-electron chi connectivity index (χ3n) is 7.85. The summed E-state index contributed by atoms with van der Waals surface area (Å²) < 4.78 is 2.64. The minimum absolute atomic E-state index is 1.16. The maximum Gasteiger partial charge on any atom is 0.0540 e. The number of hydrogen-bond acceptors (Lipinski definition) is 2. The number of hydrogen-bond donors (Lipinski definition) is 0. The molecular weight excluding hydrogens is 502 g/mol. The lowest BCUT2D eigenvalue weighted by Gasteiger charge is -2.30. The number of thiophene rings is 1. The average molecular weight is 528 g/mol. The minimum atomic E-state index is 1.16. The largest absolute Gasteiger partial charge is 0.309 e. The molecule has 0 bridgehead atoms. The Bertz CT molecular complexity index is 2100. The van der Waals surface area contributed by atoms with E-state index in [0.29, 0.717) is 0 Å². The Morgan fingerprint density at radius 2 is 0.825 bits per heavy atom. The van der Waals surface area contributed by atoms with E-state index in [0.717, 1.165) is 5.69 Å². The van der Waals surface area contributed by atoms with Gasteiger partial charge < -0.3 is 4.90 Å². The second kappa shape index (κ2) is 9.37. The molecule has 8 aromatic rings. The van der Waals surface area contributed by atoms with Crippen molar-refractivity contribution in [1.82, 2.24) is 0 Å². The van der Waals surface area contributed by atoms with Gasteiger partial charge in [-0.15, -0.1) is 11.3 Å². The fourth-order valence-corrected chi connectivity index (χ4v) is 7.22. The number of benzene rings is 7. The van der Waals surface area contributed by atoms with Crippen molar-refractivity contribution in [3.05, 3.63) is 152 Å². The van der Waals surface area contributed by atoms with E-state index in [1.165, 1.54) is 64.2 Å². The Balaban J connectivity index is 1.48. The van der Waals surface area contributed by atoms with E-state index in [1.54, 1.807) is 0 Å². The van der Waals surface area contributed by atoms with Crippen LogP contribution in [0.25, 0.3) is 52.8 Å². The van der Waals surface area contributed by atoms with Crippen molar-refractivity contribution in [3.63, 3.8) is 0 Å². The smallest absolute Gasteiger partial charge is 0.0540 e. The quantitative estimate of drug-likeness (QED) is 0.220. The Morgan fingerprint density at radius 1 is 0.350 bits per heavy atom. The molecule has 0 atom stereocenters. The van der Waals surface area contributed by atoms with Crippen LogP contribution >= 0.6 is 11.3 Å². The summed E-state index contributed by atoms with van der Waals surface area (Å²) in [5, 5.41) is 7.56. The maximum absolute atomic E-state index is 2.47. The van der Waals surface area contributed by atoms with Crippen molar-refractivity contribution in [1.29, 1.82) is 0 Å². The summed E-state index contributed by atoms with van der Waals surface area (Å²) in [5.41, 5.74) is 5.99. The van der Waals surface area contributed by atoms with Gasteiger partial charge in [-0.1, -0.05) is 121 Å². The summed E-state index contributed by atoms with van der Waals surface area (Å²) in [6.07, 6.45) is 0. The topological polar surface area (TPSA) is 3.24 Å². The van der Waals surface area contributed by atoms with Gasteiger partial charge in [0.1, 0.15) is 0 Å². The van der Waals surface area contributed by atoms with Crippen LogP contribution in [0.4, 0.5) is 17.1 Å². The SMILES string of the molecule is c1ccc(N(c2cccc3ccccc23)c2cccc3ccccc23)c(-c2cccc3sc4ccccc4c23)c1. The first-order valence-corrected chi connectivity index (χ1v) is 14.4. The van der Waals surface area contributed by atoms with Crippen LogP contribution in [-0.4, -0.2) is 0 Å². The molecule has 40 heavy (non-hydrogen) atoms. The van der Waals surface area contributed by atoms with E-state index in [4.69, 9.17) is 0 Å². The highest BCUT2D eigenvalue weighted by molar-refractivity contribution is 7.25. The summed E-state index contributed by atoms with van der Waals surface area (Å²) in [4.78, 5) is 2.47. The number of para-hydroxylation sites is 1. The lowest BCUT2D eigenvalue weighted by Crippen LogP contribution is -2.12. The van der Waals surface area contributed by atoms with E-state index in [2.05, 4.69) is 157 Å². The zero-order valence-corrected chi connectivity index (χ0v) is 22.6. The highest BCUT2D eigenvalue weighted by Gasteiger charge is 2.22. The third-order valence-corrected chi connectivity index (χ3v) is 8.99. The molecule has 188 valence electrons. The molecule has 0 aliphatic rings. The highest BCUT2D eigenvalue weighted by atomic mass is 32.1. The molecule has 0 N–H and O–H groups in total. The Morgan fingerprint density at radius 3 is 1.55 bits per heavy atom. The Labute approximate surface area is 237 Å². The van der Waals surface area contributed by atoms with Gasteiger partial charge in [-0.25, -0.2) is 0 Å². The first-order valence-electron chi connectivity index (χ1n) is 13.6. The molecule has 2 heteroatoms. The van der Waals surface area contributed by atoms with Crippen LogP contribution in [0.1, 0.15) is 0 Å². The first-order chi connectivity index (χ1) is 19.9. The second-order valence-corrected chi connectivity index (χ2v) is 11.2. The highest BCUT2D eigenvalue weighted by Crippen LogP contribution is 2.48. The zero-order chi connectivity index (χ0) is 26.5. The number of anilines is 3. The van der Waals surface area contributed by atoms with E-state index in [-0.39, 0.29) is 0 Å². The van der Waals surface area contributed by atoms with Gasteiger partial charge in [-0.05, 0) is 46.7 Å². The van der Waals surface area contributed by atoms with Gasteiger partial charge in [-0.2, -0.15) is 0 Å². The van der Waals surface area contributed by atoms with E-state index < -0.39 is 0 Å². The normalized spacial score (nSPS) is 11.5. The van der Waals surface area contributed by atoms with Crippen LogP contribution in [0.3, 0.4) is 0 Å². The predicted octanol–water partition coefficient (Wildman–Crippen LogP) is 11.5. The van der Waals surface area contributed by atoms with Crippen LogP contribution in [0, 0.1) is 0 Å². The molecule has 0 amide bonds. The van der Waals surface area contributed by atoms with Gasteiger partial charge in [0.25, 0.3) is 0 Å². The average Bonchev–Trinajstić information content (AvgIpc) is 3.41. The van der Waals surface area contributed by atoms with E-state index in [9.17, 15) is 0 Å². The molecular formula is C38H25NS. The zero-order valence-electron chi connectivity index (χ0n) is 21.8. The van der Waals surface area contributed by atoms with Crippen molar-refractivity contribution in [2.75, 3.05) is 4.90 Å². The lowest BCUT2D eigenvalue weighted by atomic mass is 9.96. The molecule has 0 aliphatic carbocycles. The summed E-state index contributed by atoms with van der Waals surface area (Å²) in [6, 6.07) is 55.0. The van der Waals surface area contributed by atoms with Crippen LogP contribution < -0.4 is 4.90 Å². The second-order valence-electron chi connectivity index (χ2n) is 10.1. The molecule has 0 saturated carbocycles.